The van der Waals surface area contributed by atoms with Gasteiger partial charge in [0.15, 0.2) is 0 Å². The molecule has 0 unspecified atom stereocenters. The molecule has 2 rings (SSSR count). The zero-order valence-corrected chi connectivity index (χ0v) is 15.5. The molecule has 1 aromatic carbocycles. The predicted molar refractivity (Wildman–Crippen MR) is 96.7 cm³/mol. The highest BCUT2D eigenvalue weighted by Gasteiger charge is 2.17. The Morgan fingerprint density at radius 1 is 1.16 bits per heavy atom. The number of thiazole rings is 1. The molecule has 7 heteroatoms. The van der Waals surface area contributed by atoms with Gasteiger partial charge in [-0.3, -0.25) is 9.59 Å². The normalized spacial score (nSPS) is 10.5. The Hall–Kier alpha value is -2.25. The van der Waals surface area contributed by atoms with E-state index in [9.17, 15) is 9.59 Å². The fourth-order valence-electron chi connectivity index (χ4n) is 2.27. The van der Waals surface area contributed by atoms with E-state index in [1.165, 1.54) is 7.11 Å². The summed E-state index contributed by atoms with van der Waals surface area (Å²) < 4.78 is 9.70. The maximum absolute atomic E-state index is 12.7. The third-order valence-corrected chi connectivity index (χ3v) is 4.67. The third-order valence-electron chi connectivity index (χ3n) is 3.66. The number of esters is 1. The van der Waals surface area contributed by atoms with E-state index in [0.717, 1.165) is 16.3 Å². The summed E-state index contributed by atoms with van der Waals surface area (Å²) in [5.41, 5.74) is 2.53. The van der Waals surface area contributed by atoms with Crippen LogP contribution in [0.15, 0.2) is 29.6 Å². The van der Waals surface area contributed by atoms with Crippen molar-refractivity contribution < 1.29 is 19.1 Å². The first-order valence-corrected chi connectivity index (χ1v) is 8.80. The lowest BCUT2D eigenvalue weighted by Crippen LogP contribution is -2.35. The van der Waals surface area contributed by atoms with E-state index in [2.05, 4.69) is 9.72 Å². The average Bonchev–Trinajstić information content (AvgIpc) is 3.07. The number of carbonyl (C=O) groups excluding carboxylic acids is 2. The predicted octanol–water partition coefficient (Wildman–Crippen LogP) is 2.77. The second-order valence-corrected chi connectivity index (χ2v) is 6.34. The smallest absolute Gasteiger partial charge is 0.307 e. The molecule has 134 valence electrons. The van der Waals surface area contributed by atoms with Gasteiger partial charge in [-0.05, 0) is 19.1 Å². The van der Waals surface area contributed by atoms with E-state index in [1.807, 2.05) is 24.4 Å². The molecule has 0 atom stereocenters. The van der Waals surface area contributed by atoms with Gasteiger partial charge >= 0.3 is 5.97 Å². The number of amides is 1. The Morgan fingerprint density at radius 3 is 2.44 bits per heavy atom. The Labute approximate surface area is 151 Å². The van der Waals surface area contributed by atoms with Gasteiger partial charge in [-0.15, -0.1) is 11.3 Å². The number of hydrogen-bond acceptors (Lipinski definition) is 6. The fourth-order valence-corrected chi connectivity index (χ4v) is 3.07. The maximum atomic E-state index is 12.7. The van der Waals surface area contributed by atoms with Crippen LogP contribution in [0.5, 0.6) is 0 Å². The highest BCUT2D eigenvalue weighted by Crippen LogP contribution is 2.24. The van der Waals surface area contributed by atoms with E-state index in [-0.39, 0.29) is 18.3 Å². The standard InChI is InChI=1S/C18H22N2O4S/c1-13-12-25-17(19-13)14-4-6-15(7-5-14)18(22)20(10-11-23-2)9-8-16(21)24-3/h4-7,12H,8-11H2,1-3H3. The molecule has 0 saturated carbocycles. The van der Waals surface area contributed by atoms with Crippen LogP contribution in [-0.4, -0.2) is 55.7 Å². The third kappa shape index (κ3) is 5.37. The summed E-state index contributed by atoms with van der Waals surface area (Å²) in [6.07, 6.45) is 0.155. The molecule has 1 amide bonds. The molecule has 0 aliphatic carbocycles. The van der Waals surface area contributed by atoms with Gasteiger partial charge in [0.2, 0.25) is 0 Å². The van der Waals surface area contributed by atoms with Crippen molar-refractivity contribution in [3.8, 4) is 10.6 Å². The van der Waals surface area contributed by atoms with Gasteiger partial charge in [0, 0.05) is 42.4 Å². The van der Waals surface area contributed by atoms with E-state index in [4.69, 9.17) is 4.74 Å². The fraction of sp³-hybridized carbons (Fsp3) is 0.389. The number of carbonyl (C=O) groups is 2. The molecule has 0 spiro atoms. The zero-order valence-electron chi connectivity index (χ0n) is 14.7. The van der Waals surface area contributed by atoms with Crippen LogP contribution < -0.4 is 0 Å². The number of benzene rings is 1. The molecule has 6 nitrogen and oxygen atoms in total. The average molecular weight is 362 g/mol. The van der Waals surface area contributed by atoms with Crippen molar-refractivity contribution in [3.05, 3.63) is 40.9 Å². The van der Waals surface area contributed by atoms with Gasteiger partial charge in [-0.2, -0.15) is 0 Å². The second-order valence-electron chi connectivity index (χ2n) is 5.48. The quantitative estimate of drug-likeness (QED) is 0.676. The Morgan fingerprint density at radius 2 is 1.88 bits per heavy atom. The number of aromatic nitrogens is 1. The first kappa shape index (κ1) is 19.1. The summed E-state index contributed by atoms with van der Waals surface area (Å²) in [7, 11) is 2.91. The number of ether oxygens (including phenoxy) is 2. The van der Waals surface area contributed by atoms with Crippen LogP contribution in [0, 0.1) is 6.92 Å². The van der Waals surface area contributed by atoms with Crippen LogP contribution in [-0.2, 0) is 14.3 Å². The maximum Gasteiger partial charge on any atom is 0.307 e. The van der Waals surface area contributed by atoms with Crippen molar-refractivity contribution in [2.24, 2.45) is 0 Å². The van der Waals surface area contributed by atoms with Gasteiger partial charge in [-0.25, -0.2) is 4.98 Å². The molecule has 25 heavy (non-hydrogen) atoms. The summed E-state index contributed by atoms with van der Waals surface area (Å²) in [6, 6.07) is 7.35. The monoisotopic (exact) mass is 362 g/mol. The van der Waals surface area contributed by atoms with Crippen molar-refractivity contribution >= 4 is 23.2 Å². The molecule has 1 heterocycles. The van der Waals surface area contributed by atoms with Gasteiger partial charge in [0.05, 0.1) is 20.1 Å². The Balaban J connectivity index is 2.09. The van der Waals surface area contributed by atoms with Crippen molar-refractivity contribution in [2.45, 2.75) is 13.3 Å². The number of aryl methyl sites for hydroxylation is 1. The van der Waals surface area contributed by atoms with Crippen LogP contribution in [0.4, 0.5) is 0 Å². The minimum Gasteiger partial charge on any atom is -0.469 e. The number of methoxy groups -OCH3 is 2. The van der Waals surface area contributed by atoms with Crippen LogP contribution in [0.1, 0.15) is 22.5 Å². The molecule has 0 bridgehead atoms. The highest BCUT2D eigenvalue weighted by atomic mass is 32.1. The number of hydrogen-bond donors (Lipinski definition) is 0. The second kappa shape index (κ2) is 9.29. The van der Waals surface area contributed by atoms with Crippen molar-refractivity contribution in [1.29, 1.82) is 0 Å². The molecule has 0 aliphatic rings. The molecule has 0 fully saturated rings. The van der Waals surface area contributed by atoms with Gasteiger partial charge in [0.25, 0.3) is 5.91 Å². The van der Waals surface area contributed by atoms with Crippen LogP contribution >= 0.6 is 11.3 Å². The van der Waals surface area contributed by atoms with E-state index in [0.29, 0.717) is 25.3 Å². The van der Waals surface area contributed by atoms with Crippen LogP contribution in [0.2, 0.25) is 0 Å². The lowest BCUT2D eigenvalue weighted by Gasteiger charge is -2.22. The Bertz CT molecular complexity index is 712. The lowest BCUT2D eigenvalue weighted by atomic mass is 10.1. The Kier molecular flexibility index (Phi) is 7.09. The first-order chi connectivity index (χ1) is 12.0. The summed E-state index contributed by atoms with van der Waals surface area (Å²) in [4.78, 5) is 30.1. The topological polar surface area (TPSA) is 68.7 Å². The first-order valence-electron chi connectivity index (χ1n) is 7.92. The van der Waals surface area contributed by atoms with Gasteiger partial charge in [-0.1, -0.05) is 12.1 Å². The van der Waals surface area contributed by atoms with Crippen LogP contribution in [0.3, 0.4) is 0 Å². The molecule has 0 radical (unpaired) electrons. The van der Waals surface area contributed by atoms with Crippen molar-refractivity contribution in [3.63, 3.8) is 0 Å². The number of nitrogens with zero attached hydrogens (tertiary/aromatic N) is 2. The highest BCUT2D eigenvalue weighted by molar-refractivity contribution is 7.13. The molecule has 1 aromatic heterocycles. The molecular formula is C18H22N2O4S. The zero-order chi connectivity index (χ0) is 18.2. The SMILES string of the molecule is COCCN(CCC(=O)OC)C(=O)c1ccc(-c2nc(C)cs2)cc1. The number of rotatable bonds is 8. The van der Waals surface area contributed by atoms with Crippen molar-refractivity contribution in [2.75, 3.05) is 33.9 Å². The van der Waals surface area contributed by atoms with Gasteiger partial charge in [0.1, 0.15) is 5.01 Å². The summed E-state index contributed by atoms with van der Waals surface area (Å²) in [6.45, 7) is 3.07. The van der Waals surface area contributed by atoms with Crippen molar-refractivity contribution in [1.82, 2.24) is 9.88 Å². The summed E-state index contributed by atoms with van der Waals surface area (Å²) in [5.74, 6) is -0.479. The molecule has 0 aliphatic heterocycles. The molecule has 0 saturated heterocycles. The van der Waals surface area contributed by atoms with Crippen LogP contribution in [0.25, 0.3) is 10.6 Å². The van der Waals surface area contributed by atoms with E-state index >= 15 is 0 Å². The summed E-state index contributed by atoms with van der Waals surface area (Å²) in [5, 5.41) is 2.92. The molecule has 2 aromatic rings. The molecular weight excluding hydrogens is 340 g/mol. The lowest BCUT2D eigenvalue weighted by molar-refractivity contribution is -0.140. The minimum atomic E-state index is -0.343. The van der Waals surface area contributed by atoms with E-state index in [1.54, 1.807) is 35.5 Å². The summed E-state index contributed by atoms with van der Waals surface area (Å²) >= 11 is 1.57. The molecule has 0 N–H and O–H groups in total. The largest absolute Gasteiger partial charge is 0.469 e. The minimum absolute atomic E-state index is 0.136. The van der Waals surface area contributed by atoms with Gasteiger partial charge < -0.3 is 14.4 Å². The van der Waals surface area contributed by atoms with E-state index < -0.39 is 0 Å².